The summed E-state index contributed by atoms with van der Waals surface area (Å²) in [7, 11) is 0. The van der Waals surface area contributed by atoms with Crippen molar-refractivity contribution in [2.24, 2.45) is 0 Å². The second-order valence-electron chi connectivity index (χ2n) is 5.47. The fourth-order valence-corrected chi connectivity index (χ4v) is 3.93. The van der Waals surface area contributed by atoms with E-state index in [1.807, 2.05) is 18.2 Å². The van der Waals surface area contributed by atoms with Gasteiger partial charge in [0, 0.05) is 28.8 Å². The van der Waals surface area contributed by atoms with E-state index in [0.717, 1.165) is 41.1 Å². The van der Waals surface area contributed by atoms with Crippen molar-refractivity contribution in [1.29, 1.82) is 0 Å². The lowest BCUT2D eigenvalue weighted by atomic mass is 9.74. The predicted molar refractivity (Wildman–Crippen MR) is 80.3 cm³/mol. The third-order valence-corrected chi connectivity index (χ3v) is 5.13. The SMILES string of the molecule is Clc1cccc(OC2CCOC3(CCC3)C2)c1CBr. The van der Waals surface area contributed by atoms with E-state index < -0.39 is 0 Å². The molecule has 1 saturated heterocycles. The number of hydrogen-bond acceptors (Lipinski definition) is 2. The summed E-state index contributed by atoms with van der Waals surface area (Å²) in [6.45, 7) is 0.814. The molecule has 0 amide bonds. The van der Waals surface area contributed by atoms with Crippen LogP contribution in [0.25, 0.3) is 0 Å². The summed E-state index contributed by atoms with van der Waals surface area (Å²) in [6, 6.07) is 5.86. The highest BCUT2D eigenvalue weighted by Gasteiger charge is 2.43. The van der Waals surface area contributed by atoms with Crippen molar-refractivity contribution in [2.45, 2.75) is 49.1 Å². The Morgan fingerprint density at radius 3 is 2.95 bits per heavy atom. The summed E-state index contributed by atoms with van der Waals surface area (Å²) in [6.07, 6.45) is 5.90. The van der Waals surface area contributed by atoms with Gasteiger partial charge in [0.05, 0.1) is 12.2 Å². The highest BCUT2D eigenvalue weighted by Crippen LogP contribution is 2.43. The van der Waals surface area contributed by atoms with E-state index in [1.54, 1.807) is 0 Å². The van der Waals surface area contributed by atoms with Gasteiger partial charge < -0.3 is 9.47 Å². The predicted octanol–water partition coefficient (Wildman–Crippen LogP) is 4.72. The standard InChI is InChI=1S/C15H18BrClO2/c16-10-12-13(17)3-1-4-14(12)19-11-5-8-18-15(9-11)6-2-7-15/h1,3-4,11H,2,5-10H2. The van der Waals surface area contributed by atoms with E-state index in [1.165, 1.54) is 19.3 Å². The van der Waals surface area contributed by atoms with Gasteiger partial charge in [0.15, 0.2) is 0 Å². The van der Waals surface area contributed by atoms with Crippen molar-refractivity contribution < 1.29 is 9.47 Å². The molecular formula is C15H18BrClO2. The van der Waals surface area contributed by atoms with E-state index in [2.05, 4.69) is 15.9 Å². The second-order valence-corrected chi connectivity index (χ2v) is 6.44. The van der Waals surface area contributed by atoms with Crippen molar-refractivity contribution >= 4 is 27.5 Å². The molecule has 0 bridgehead atoms. The Labute approximate surface area is 127 Å². The normalized spacial score (nSPS) is 25.1. The average molecular weight is 346 g/mol. The number of benzene rings is 1. The molecule has 1 aliphatic heterocycles. The molecule has 2 nitrogen and oxygen atoms in total. The third kappa shape index (κ3) is 2.79. The monoisotopic (exact) mass is 344 g/mol. The minimum atomic E-state index is 0.121. The summed E-state index contributed by atoms with van der Waals surface area (Å²) in [5.74, 6) is 0.908. The number of hydrogen-bond donors (Lipinski definition) is 0. The maximum Gasteiger partial charge on any atom is 0.125 e. The molecule has 3 rings (SSSR count). The molecule has 2 aliphatic rings. The first kappa shape index (κ1) is 13.7. The molecule has 2 fully saturated rings. The number of ether oxygens (including phenoxy) is 2. The first-order valence-corrected chi connectivity index (χ1v) is 8.36. The van der Waals surface area contributed by atoms with Crippen molar-refractivity contribution in [1.82, 2.24) is 0 Å². The van der Waals surface area contributed by atoms with E-state index in [0.29, 0.717) is 0 Å². The highest BCUT2D eigenvalue weighted by atomic mass is 79.9. The molecule has 1 aromatic carbocycles. The van der Waals surface area contributed by atoms with Crippen LogP contribution in [0.15, 0.2) is 18.2 Å². The van der Waals surface area contributed by atoms with Gasteiger partial charge >= 0.3 is 0 Å². The minimum absolute atomic E-state index is 0.121. The van der Waals surface area contributed by atoms with Crippen molar-refractivity contribution in [3.63, 3.8) is 0 Å². The van der Waals surface area contributed by atoms with Crippen molar-refractivity contribution in [2.75, 3.05) is 6.61 Å². The van der Waals surface area contributed by atoms with Crippen LogP contribution in [-0.2, 0) is 10.1 Å². The summed E-state index contributed by atoms with van der Waals surface area (Å²) in [5.41, 5.74) is 1.16. The number of halogens is 2. The van der Waals surface area contributed by atoms with Crippen LogP contribution in [0.2, 0.25) is 5.02 Å². The Kier molecular flexibility index (Phi) is 4.06. The van der Waals surface area contributed by atoms with E-state index in [-0.39, 0.29) is 11.7 Å². The minimum Gasteiger partial charge on any atom is -0.490 e. The van der Waals surface area contributed by atoms with Crippen molar-refractivity contribution in [3.05, 3.63) is 28.8 Å². The smallest absolute Gasteiger partial charge is 0.125 e. The molecule has 1 unspecified atom stereocenters. The summed E-state index contributed by atoms with van der Waals surface area (Å²) in [5, 5.41) is 1.48. The van der Waals surface area contributed by atoms with Gasteiger partial charge in [-0.1, -0.05) is 33.6 Å². The van der Waals surface area contributed by atoms with Crippen LogP contribution in [0.4, 0.5) is 0 Å². The van der Waals surface area contributed by atoms with Crippen LogP contribution >= 0.6 is 27.5 Å². The maximum atomic E-state index is 6.21. The zero-order chi connectivity index (χ0) is 13.3. The average Bonchev–Trinajstić information content (AvgIpc) is 2.38. The van der Waals surface area contributed by atoms with Gasteiger partial charge in [-0.05, 0) is 31.4 Å². The zero-order valence-corrected chi connectivity index (χ0v) is 13.2. The molecule has 1 heterocycles. The van der Waals surface area contributed by atoms with Crippen LogP contribution in [0.3, 0.4) is 0 Å². The van der Waals surface area contributed by atoms with E-state index in [9.17, 15) is 0 Å². The van der Waals surface area contributed by atoms with Crippen LogP contribution in [-0.4, -0.2) is 18.3 Å². The van der Waals surface area contributed by atoms with E-state index in [4.69, 9.17) is 21.1 Å². The fourth-order valence-electron chi connectivity index (χ4n) is 2.96. The van der Waals surface area contributed by atoms with Crippen LogP contribution in [0.1, 0.15) is 37.7 Å². The van der Waals surface area contributed by atoms with Gasteiger partial charge in [-0.15, -0.1) is 0 Å². The highest BCUT2D eigenvalue weighted by molar-refractivity contribution is 9.08. The Morgan fingerprint density at radius 1 is 1.42 bits per heavy atom. The quantitative estimate of drug-likeness (QED) is 0.738. The molecule has 1 spiro atoms. The largest absolute Gasteiger partial charge is 0.490 e. The molecule has 1 aromatic rings. The first-order valence-electron chi connectivity index (χ1n) is 6.86. The van der Waals surface area contributed by atoms with Gasteiger partial charge in [0.25, 0.3) is 0 Å². The molecule has 0 aromatic heterocycles. The topological polar surface area (TPSA) is 18.5 Å². The van der Waals surface area contributed by atoms with Crippen molar-refractivity contribution in [3.8, 4) is 5.75 Å². The Hall–Kier alpha value is -0.250. The number of rotatable bonds is 3. The maximum absolute atomic E-state index is 6.21. The Bertz CT molecular complexity index is 459. The molecule has 19 heavy (non-hydrogen) atoms. The molecule has 1 atom stereocenters. The molecular weight excluding hydrogens is 328 g/mol. The summed E-state index contributed by atoms with van der Waals surface area (Å²) in [4.78, 5) is 0. The molecule has 1 aliphatic carbocycles. The molecule has 1 saturated carbocycles. The van der Waals surface area contributed by atoms with Crippen LogP contribution < -0.4 is 4.74 Å². The number of alkyl halides is 1. The third-order valence-electron chi connectivity index (χ3n) is 4.22. The second kappa shape index (κ2) is 5.63. The van der Waals surface area contributed by atoms with Gasteiger partial charge in [-0.2, -0.15) is 0 Å². The fraction of sp³-hybridized carbons (Fsp3) is 0.600. The van der Waals surface area contributed by atoms with Crippen LogP contribution in [0.5, 0.6) is 5.75 Å². The Balaban J connectivity index is 1.72. The zero-order valence-electron chi connectivity index (χ0n) is 10.8. The van der Waals surface area contributed by atoms with Gasteiger partial charge in [-0.3, -0.25) is 0 Å². The molecule has 4 heteroatoms. The van der Waals surface area contributed by atoms with Gasteiger partial charge in [0.1, 0.15) is 11.9 Å². The first-order chi connectivity index (χ1) is 9.22. The molecule has 0 N–H and O–H groups in total. The van der Waals surface area contributed by atoms with E-state index >= 15 is 0 Å². The molecule has 104 valence electrons. The van der Waals surface area contributed by atoms with Crippen LogP contribution in [0, 0.1) is 0 Å². The van der Waals surface area contributed by atoms with Gasteiger partial charge in [-0.25, -0.2) is 0 Å². The Morgan fingerprint density at radius 2 is 2.26 bits per heavy atom. The van der Waals surface area contributed by atoms with Gasteiger partial charge in [0.2, 0.25) is 0 Å². The summed E-state index contributed by atoms with van der Waals surface area (Å²) < 4.78 is 12.1. The lowest BCUT2D eigenvalue weighted by molar-refractivity contribution is -0.153. The summed E-state index contributed by atoms with van der Waals surface area (Å²) >= 11 is 9.69. The lowest BCUT2D eigenvalue weighted by Gasteiger charge is -2.47. The lowest BCUT2D eigenvalue weighted by Crippen LogP contribution is -2.48. The molecule has 0 radical (unpaired) electrons.